The lowest BCUT2D eigenvalue weighted by atomic mass is 10.3. The zero-order valence-corrected chi connectivity index (χ0v) is 12.4. The van der Waals surface area contributed by atoms with E-state index in [4.69, 9.17) is 23.2 Å². The van der Waals surface area contributed by atoms with Crippen LogP contribution in [0.1, 0.15) is 11.5 Å². The molecule has 104 valence electrons. The number of aryl methyl sites for hydroxylation is 2. The number of imidazole rings is 1. The van der Waals surface area contributed by atoms with E-state index in [1.54, 1.807) is 10.7 Å². The van der Waals surface area contributed by atoms with Gasteiger partial charge in [-0.1, -0.05) is 11.6 Å². The van der Waals surface area contributed by atoms with Crippen LogP contribution in [0.15, 0.2) is 18.3 Å². The lowest BCUT2D eigenvalue weighted by Gasteiger charge is -2.06. The molecule has 0 N–H and O–H groups in total. The highest BCUT2D eigenvalue weighted by Crippen LogP contribution is 2.28. The van der Waals surface area contributed by atoms with Gasteiger partial charge in [-0.15, -0.1) is 11.6 Å². The second-order valence-electron chi connectivity index (χ2n) is 4.53. The van der Waals surface area contributed by atoms with Crippen LogP contribution in [0.5, 0.6) is 0 Å². The number of rotatable bonds is 2. The SMILES string of the molecule is Cc1nn(C)cc1-n1c(CCl)nc2cc(F)c(Cl)cc21. The summed E-state index contributed by atoms with van der Waals surface area (Å²) in [4.78, 5) is 4.36. The summed E-state index contributed by atoms with van der Waals surface area (Å²) in [5, 5.41) is 4.36. The molecule has 2 aromatic heterocycles. The average Bonchev–Trinajstić information content (AvgIpc) is 2.89. The van der Waals surface area contributed by atoms with Gasteiger partial charge < -0.3 is 0 Å². The molecule has 0 spiro atoms. The van der Waals surface area contributed by atoms with Crippen LogP contribution in [0.2, 0.25) is 5.02 Å². The molecule has 0 atom stereocenters. The molecule has 3 aromatic rings. The van der Waals surface area contributed by atoms with E-state index in [2.05, 4.69) is 10.1 Å². The van der Waals surface area contributed by atoms with Crippen molar-refractivity contribution in [3.63, 3.8) is 0 Å². The first-order valence-corrected chi connectivity index (χ1v) is 6.85. The lowest BCUT2D eigenvalue weighted by Crippen LogP contribution is -2.00. The van der Waals surface area contributed by atoms with Crippen molar-refractivity contribution in [2.24, 2.45) is 7.05 Å². The van der Waals surface area contributed by atoms with Crippen LogP contribution in [0.25, 0.3) is 16.7 Å². The van der Waals surface area contributed by atoms with E-state index >= 15 is 0 Å². The van der Waals surface area contributed by atoms with Crippen LogP contribution in [-0.4, -0.2) is 19.3 Å². The highest BCUT2D eigenvalue weighted by molar-refractivity contribution is 6.31. The molecule has 0 bridgehead atoms. The summed E-state index contributed by atoms with van der Waals surface area (Å²) in [5.74, 6) is 0.342. The molecule has 4 nitrogen and oxygen atoms in total. The maximum atomic E-state index is 13.5. The maximum Gasteiger partial charge on any atom is 0.144 e. The van der Waals surface area contributed by atoms with Gasteiger partial charge in [0.25, 0.3) is 0 Å². The fourth-order valence-electron chi connectivity index (χ4n) is 2.29. The van der Waals surface area contributed by atoms with Gasteiger partial charge in [-0.2, -0.15) is 5.10 Å². The molecule has 0 amide bonds. The number of benzene rings is 1. The second-order valence-corrected chi connectivity index (χ2v) is 5.20. The molecule has 2 heterocycles. The standard InChI is InChI=1S/C13H11Cl2FN4/c1-7-12(6-19(2)18-7)20-11-3-8(15)9(16)4-10(11)17-13(20)5-14/h3-4,6H,5H2,1-2H3. The topological polar surface area (TPSA) is 35.6 Å². The van der Waals surface area contributed by atoms with E-state index in [1.165, 1.54) is 6.07 Å². The molecule has 1 aromatic carbocycles. The van der Waals surface area contributed by atoms with Crippen molar-refractivity contribution in [2.45, 2.75) is 12.8 Å². The van der Waals surface area contributed by atoms with Crippen molar-refractivity contribution in [1.82, 2.24) is 19.3 Å². The van der Waals surface area contributed by atoms with Crippen molar-refractivity contribution in [1.29, 1.82) is 0 Å². The predicted molar refractivity (Wildman–Crippen MR) is 77.1 cm³/mol. The quantitative estimate of drug-likeness (QED) is 0.678. The second kappa shape index (κ2) is 4.75. The Balaban J connectivity index is 2.38. The Morgan fingerprint density at radius 1 is 1.35 bits per heavy atom. The Labute approximate surface area is 124 Å². The minimum atomic E-state index is -0.493. The van der Waals surface area contributed by atoms with Gasteiger partial charge in [0.15, 0.2) is 0 Å². The Morgan fingerprint density at radius 3 is 2.70 bits per heavy atom. The third kappa shape index (κ3) is 1.98. The fraction of sp³-hybridized carbons (Fsp3) is 0.231. The Hall–Kier alpha value is -1.59. The first kappa shape index (κ1) is 13.4. The molecule has 0 radical (unpaired) electrons. The van der Waals surface area contributed by atoms with Crippen LogP contribution >= 0.6 is 23.2 Å². The first-order valence-electron chi connectivity index (χ1n) is 5.94. The van der Waals surface area contributed by atoms with Crippen molar-refractivity contribution < 1.29 is 4.39 Å². The smallest absolute Gasteiger partial charge is 0.144 e. The number of fused-ring (bicyclic) bond motifs is 1. The summed E-state index contributed by atoms with van der Waals surface area (Å²) >= 11 is 11.8. The highest BCUT2D eigenvalue weighted by Gasteiger charge is 2.17. The molecule has 0 fully saturated rings. The summed E-state index contributed by atoms with van der Waals surface area (Å²) in [6.07, 6.45) is 1.86. The maximum absolute atomic E-state index is 13.5. The largest absolute Gasteiger partial charge is 0.292 e. The minimum absolute atomic E-state index is 0.0568. The molecule has 0 aliphatic carbocycles. The van der Waals surface area contributed by atoms with Gasteiger partial charge in [0.1, 0.15) is 11.6 Å². The summed E-state index contributed by atoms with van der Waals surface area (Å²) in [5.41, 5.74) is 2.92. The van der Waals surface area contributed by atoms with Gasteiger partial charge in [0.2, 0.25) is 0 Å². The van der Waals surface area contributed by atoms with Gasteiger partial charge in [-0.3, -0.25) is 9.25 Å². The van der Waals surface area contributed by atoms with E-state index in [1.807, 2.05) is 24.7 Å². The number of aromatic nitrogens is 4. The Bertz CT molecular complexity index is 806. The normalized spacial score (nSPS) is 11.4. The van der Waals surface area contributed by atoms with Crippen molar-refractivity contribution in [3.8, 4) is 5.69 Å². The fourth-order valence-corrected chi connectivity index (χ4v) is 2.62. The van der Waals surface area contributed by atoms with Gasteiger partial charge in [0, 0.05) is 19.3 Å². The molecule has 0 saturated heterocycles. The van der Waals surface area contributed by atoms with E-state index < -0.39 is 5.82 Å². The van der Waals surface area contributed by atoms with Gasteiger partial charge in [-0.25, -0.2) is 9.37 Å². The van der Waals surface area contributed by atoms with E-state index in [9.17, 15) is 4.39 Å². The molecule has 20 heavy (non-hydrogen) atoms. The van der Waals surface area contributed by atoms with Crippen LogP contribution in [0.4, 0.5) is 4.39 Å². The predicted octanol–water partition coefficient (Wildman–Crippen LogP) is 3.60. The van der Waals surface area contributed by atoms with E-state index in [-0.39, 0.29) is 10.9 Å². The number of nitrogens with zero attached hydrogens (tertiary/aromatic N) is 4. The molecule has 0 saturated carbocycles. The van der Waals surface area contributed by atoms with E-state index in [0.29, 0.717) is 16.9 Å². The van der Waals surface area contributed by atoms with Crippen molar-refractivity contribution >= 4 is 34.2 Å². The van der Waals surface area contributed by atoms with Crippen molar-refractivity contribution in [3.05, 3.63) is 40.7 Å². The van der Waals surface area contributed by atoms with Crippen LogP contribution in [0, 0.1) is 12.7 Å². The average molecular weight is 313 g/mol. The number of hydrogen-bond acceptors (Lipinski definition) is 2. The summed E-state index contributed by atoms with van der Waals surface area (Å²) in [6.45, 7) is 1.89. The first-order chi connectivity index (χ1) is 9.51. The summed E-state index contributed by atoms with van der Waals surface area (Å²) < 4.78 is 17.1. The Kier molecular flexibility index (Phi) is 3.18. The van der Waals surface area contributed by atoms with Crippen molar-refractivity contribution in [2.75, 3.05) is 0 Å². The molecule has 0 aliphatic rings. The molecule has 0 unspecified atom stereocenters. The highest BCUT2D eigenvalue weighted by atomic mass is 35.5. The number of hydrogen-bond donors (Lipinski definition) is 0. The van der Waals surface area contributed by atoms with E-state index in [0.717, 1.165) is 11.4 Å². The molecular formula is C13H11Cl2FN4. The zero-order valence-electron chi connectivity index (χ0n) is 10.9. The van der Waals surface area contributed by atoms with Crippen LogP contribution in [0.3, 0.4) is 0 Å². The zero-order chi connectivity index (χ0) is 14.4. The lowest BCUT2D eigenvalue weighted by molar-refractivity contribution is 0.630. The number of alkyl halides is 1. The number of halogens is 3. The molecular weight excluding hydrogens is 302 g/mol. The Morgan fingerprint density at radius 2 is 2.10 bits per heavy atom. The molecule has 0 aliphatic heterocycles. The third-order valence-electron chi connectivity index (χ3n) is 3.11. The van der Waals surface area contributed by atoms with Crippen LogP contribution < -0.4 is 0 Å². The third-order valence-corrected chi connectivity index (χ3v) is 3.64. The van der Waals surface area contributed by atoms with Gasteiger partial charge >= 0.3 is 0 Å². The monoisotopic (exact) mass is 312 g/mol. The summed E-state index contributed by atoms with van der Waals surface area (Å²) in [6, 6.07) is 2.87. The summed E-state index contributed by atoms with van der Waals surface area (Å²) in [7, 11) is 1.84. The minimum Gasteiger partial charge on any atom is -0.292 e. The molecule has 3 rings (SSSR count). The van der Waals surface area contributed by atoms with Crippen LogP contribution in [-0.2, 0) is 12.9 Å². The van der Waals surface area contributed by atoms with Gasteiger partial charge in [-0.05, 0) is 13.0 Å². The van der Waals surface area contributed by atoms with Gasteiger partial charge in [0.05, 0.1) is 33.3 Å². The molecule has 7 heteroatoms.